The molecule has 0 spiro atoms. The van der Waals surface area contributed by atoms with Crippen LogP contribution in [-0.2, 0) is 9.59 Å². The summed E-state index contributed by atoms with van der Waals surface area (Å²) in [6, 6.07) is 0. The minimum atomic E-state index is -0.293. The van der Waals surface area contributed by atoms with E-state index in [-0.39, 0.29) is 11.8 Å². The molecule has 1 rings (SSSR count). The lowest BCUT2D eigenvalue weighted by Gasteiger charge is -1.98. The molecule has 0 aromatic carbocycles. The first-order valence-electron chi connectivity index (χ1n) is 4.50. The monoisotopic (exact) mass is 182 g/mol. The van der Waals surface area contributed by atoms with Gasteiger partial charge in [0, 0.05) is 11.6 Å². The van der Waals surface area contributed by atoms with Gasteiger partial charge in [0.05, 0.1) is 0 Å². The van der Waals surface area contributed by atoms with Crippen LogP contribution in [0.4, 0.5) is 0 Å². The Labute approximate surface area is 77.2 Å². The van der Waals surface area contributed by atoms with Gasteiger partial charge in [-0.1, -0.05) is 6.42 Å². The van der Waals surface area contributed by atoms with Gasteiger partial charge in [-0.3, -0.25) is 14.9 Å². The summed E-state index contributed by atoms with van der Waals surface area (Å²) in [4.78, 5) is 21.7. The van der Waals surface area contributed by atoms with Crippen molar-refractivity contribution in [1.82, 2.24) is 5.32 Å². The topological polar surface area (TPSA) is 72.2 Å². The Morgan fingerprint density at radius 1 is 1.23 bits per heavy atom. The maximum atomic E-state index is 11.0. The predicted molar refractivity (Wildman–Crippen MR) is 48.8 cm³/mol. The van der Waals surface area contributed by atoms with Crippen molar-refractivity contribution in [2.45, 2.75) is 25.7 Å². The van der Waals surface area contributed by atoms with Gasteiger partial charge in [-0.2, -0.15) is 0 Å². The number of nitrogens with two attached hydrogens (primary N) is 1. The molecular weight excluding hydrogens is 168 g/mol. The molecule has 1 aliphatic rings. The number of unbranched alkanes of at least 4 members (excludes halogenated alkanes) is 2. The highest BCUT2D eigenvalue weighted by atomic mass is 16.2. The van der Waals surface area contributed by atoms with Crippen molar-refractivity contribution < 1.29 is 9.59 Å². The molecule has 4 heteroatoms. The summed E-state index contributed by atoms with van der Waals surface area (Å²) >= 11 is 0. The summed E-state index contributed by atoms with van der Waals surface area (Å²) in [7, 11) is 0. The highest BCUT2D eigenvalue weighted by molar-refractivity contribution is 6.16. The Kier molecular flexibility index (Phi) is 3.64. The third kappa shape index (κ3) is 2.99. The van der Waals surface area contributed by atoms with Gasteiger partial charge in [-0.25, -0.2) is 0 Å². The quantitative estimate of drug-likeness (QED) is 0.467. The van der Waals surface area contributed by atoms with Crippen molar-refractivity contribution in [1.29, 1.82) is 0 Å². The van der Waals surface area contributed by atoms with Crippen LogP contribution in [-0.4, -0.2) is 18.4 Å². The molecule has 0 atom stereocenters. The zero-order valence-corrected chi connectivity index (χ0v) is 7.51. The first-order chi connectivity index (χ1) is 6.24. The Morgan fingerprint density at radius 2 is 2.00 bits per heavy atom. The Morgan fingerprint density at radius 3 is 2.54 bits per heavy atom. The predicted octanol–water partition coefficient (Wildman–Crippen LogP) is 0.0883. The number of hydrogen-bond donors (Lipinski definition) is 2. The number of imide groups is 1. The second-order valence-corrected chi connectivity index (χ2v) is 3.09. The Hall–Kier alpha value is -1.16. The molecular formula is C9H14N2O2. The minimum absolute atomic E-state index is 0.238. The van der Waals surface area contributed by atoms with Gasteiger partial charge >= 0.3 is 0 Å². The lowest BCUT2D eigenvalue weighted by atomic mass is 10.1. The zero-order valence-electron chi connectivity index (χ0n) is 7.51. The van der Waals surface area contributed by atoms with Gasteiger partial charge < -0.3 is 5.73 Å². The second kappa shape index (κ2) is 4.77. The van der Waals surface area contributed by atoms with Gasteiger partial charge in [0.25, 0.3) is 11.8 Å². The number of carbonyl (C=O) groups is 2. The van der Waals surface area contributed by atoms with Crippen molar-refractivity contribution in [2.24, 2.45) is 5.73 Å². The van der Waals surface area contributed by atoms with Crippen LogP contribution in [0.5, 0.6) is 0 Å². The Bertz CT molecular complexity index is 246. The van der Waals surface area contributed by atoms with E-state index in [0.29, 0.717) is 18.5 Å². The van der Waals surface area contributed by atoms with E-state index < -0.39 is 0 Å². The number of amides is 2. The number of nitrogens with one attached hydrogen (secondary N) is 1. The summed E-state index contributed by atoms with van der Waals surface area (Å²) in [6.45, 7) is 0.685. The average Bonchev–Trinajstić information content (AvgIpc) is 2.39. The van der Waals surface area contributed by atoms with E-state index in [1.165, 1.54) is 6.08 Å². The standard InChI is InChI=1S/C9H14N2O2/c10-5-3-1-2-4-7-6-8(12)11-9(7)13/h6H,1-5,10H2,(H,11,12,13). The van der Waals surface area contributed by atoms with Crippen LogP contribution in [0.1, 0.15) is 25.7 Å². The number of hydrogen-bond acceptors (Lipinski definition) is 3. The summed E-state index contributed by atoms with van der Waals surface area (Å²) in [5.41, 5.74) is 5.92. The number of carbonyl (C=O) groups excluding carboxylic acids is 2. The molecule has 4 nitrogen and oxygen atoms in total. The fourth-order valence-electron chi connectivity index (χ4n) is 1.27. The molecule has 13 heavy (non-hydrogen) atoms. The third-order valence-corrected chi connectivity index (χ3v) is 1.98. The fraction of sp³-hybridized carbons (Fsp3) is 0.556. The molecule has 2 amide bonds. The molecule has 0 aliphatic carbocycles. The molecule has 0 saturated heterocycles. The van der Waals surface area contributed by atoms with Crippen LogP contribution in [0, 0.1) is 0 Å². The molecule has 3 N–H and O–H groups in total. The highest BCUT2D eigenvalue weighted by Gasteiger charge is 2.19. The van der Waals surface area contributed by atoms with E-state index in [1.54, 1.807) is 0 Å². The average molecular weight is 182 g/mol. The van der Waals surface area contributed by atoms with Gasteiger partial charge in [0.2, 0.25) is 0 Å². The lowest BCUT2D eigenvalue weighted by Crippen LogP contribution is -2.22. The molecule has 0 saturated carbocycles. The third-order valence-electron chi connectivity index (χ3n) is 1.98. The highest BCUT2D eigenvalue weighted by Crippen LogP contribution is 2.12. The summed E-state index contributed by atoms with van der Waals surface area (Å²) in [6.07, 6.45) is 4.96. The normalized spacial score (nSPS) is 15.9. The van der Waals surface area contributed by atoms with Crippen molar-refractivity contribution >= 4 is 11.8 Å². The molecule has 0 fully saturated rings. The first kappa shape index (κ1) is 9.92. The Balaban J connectivity index is 2.25. The summed E-state index contributed by atoms with van der Waals surface area (Å²) in [5.74, 6) is -0.531. The molecule has 72 valence electrons. The SMILES string of the molecule is NCCCCCC1=CC(=O)NC1=O. The summed E-state index contributed by atoms with van der Waals surface area (Å²) in [5, 5.41) is 2.21. The molecule has 0 radical (unpaired) electrons. The summed E-state index contributed by atoms with van der Waals surface area (Å²) < 4.78 is 0. The molecule has 1 heterocycles. The maximum absolute atomic E-state index is 11.0. The zero-order chi connectivity index (χ0) is 9.68. The second-order valence-electron chi connectivity index (χ2n) is 3.09. The van der Waals surface area contributed by atoms with Crippen molar-refractivity contribution in [3.8, 4) is 0 Å². The van der Waals surface area contributed by atoms with Crippen LogP contribution in [0.3, 0.4) is 0 Å². The van der Waals surface area contributed by atoms with Gasteiger partial charge in [0.15, 0.2) is 0 Å². The van der Waals surface area contributed by atoms with Crippen LogP contribution >= 0.6 is 0 Å². The van der Waals surface area contributed by atoms with E-state index >= 15 is 0 Å². The van der Waals surface area contributed by atoms with Crippen molar-refractivity contribution in [3.63, 3.8) is 0 Å². The smallest absolute Gasteiger partial charge is 0.254 e. The van der Waals surface area contributed by atoms with Crippen molar-refractivity contribution in [2.75, 3.05) is 6.54 Å². The van der Waals surface area contributed by atoms with Crippen molar-refractivity contribution in [3.05, 3.63) is 11.6 Å². The minimum Gasteiger partial charge on any atom is -0.330 e. The molecule has 0 unspecified atom stereocenters. The van der Waals surface area contributed by atoms with E-state index in [4.69, 9.17) is 5.73 Å². The van der Waals surface area contributed by atoms with Crippen LogP contribution in [0.25, 0.3) is 0 Å². The molecule has 1 aliphatic heterocycles. The van der Waals surface area contributed by atoms with Gasteiger partial charge in [0.1, 0.15) is 0 Å². The molecule has 0 aromatic heterocycles. The van der Waals surface area contributed by atoms with E-state index in [0.717, 1.165) is 19.3 Å². The van der Waals surface area contributed by atoms with Gasteiger partial charge in [-0.05, 0) is 25.8 Å². The van der Waals surface area contributed by atoms with E-state index in [2.05, 4.69) is 5.32 Å². The number of rotatable bonds is 5. The fourth-order valence-corrected chi connectivity index (χ4v) is 1.27. The largest absolute Gasteiger partial charge is 0.330 e. The molecule has 0 aromatic rings. The lowest BCUT2D eigenvalue weighted by molar-refractivity contribution is -0.123. The van der Waals surface area contributed by atoms with Crippen LogP contribution in [0.15, 0.2) is 11.6 Å². The van der Waals surface area contributed by atoms with Gasteiger partial charge in [-0.15, -0.1) is 0 Å². The van der Waals surface area contributed by atoms with Crippen LogP contribution < -0.4 is 11.1 Å². The van der Waals surface area contributed by atoms with E-state index in [1.807, 2.05) is 0 Å². The first-order valence-corrected chi connectivity index (χ1v) is 4.50. The maximum Gasteiger partial charge on any atom is 0.254 e. The van der Waals surface area contributed by atoms with E-state index in [9.17, 15) is 9.59 Å². The van der Waals surface area contributed by atoms with Crippen LogP contribution in [0.2, 0.25) is 0 Å². The molecule has 0 bridgehead atoms.